The van der Waals surface area contributed by atoms with Gasteiger partial charge in [0.1, 0.15) is 28.9 Å². The number of carboxylic acids is 2. The molecule has 0 spiro atoms. The Morgan fingerprint density at radius 3 is 2.07 bits per heavy atom. The van der Waals surface area contributed by atoms with Gasteiger partial charge in [-0.05, 0) is 68.8 Å². The van der Waals surface area contributed by atoms with Crippen molar-refractivity contribution in [1.82, 2.24) is 10.2 Å². The van der Waals surface area contributed by atoms with Gasteiger partial charge in [0.25, 0.3) is 16.8 Å². The summed E-state index contributed by atoms with van der Waals surface area (Å²) >= 11 is 5.93. The molecule has 1 heterocycles. The van der Waals surface area contributed by atoms with Crippen molar-refractivity contribution in [2.45, 2.75) is 44.7 Å². The molecule has 0 fully saturated rings. The lowest BCUT2D eigenvalue weighted by Gasteiger charge is -2.26. The standard InChI is InChI=1S/C14H7ClF3NO5.C14H13F4N3O2S.C5H12NO4P/c15-10-5-7(14(16,17)18)1-4-12(10)24-8-2-3-11(19(22)23)9(6-8)13(20)21;1-8(2)21(10-5-3-9(15)4-6-10)11(22)7-23-13-20-19-12(24-13)14(16,17)18;1-11(9,10)3-2-4(6)5(7)8/h1-6H,(H,20,21);3-6,8H,7H2,1-2H3;4H,2-3,6H2,1H3,(H,7,8)(H,9,10). The Balaban J connectivity index is 0.000000327. The van der Waals surface area contributed by atoms with Crippen LogP contribution >= 0.6 is 30.3 Å². The fraction of sp³-hybridized carbons (Fsp3) is 0.303. The van der Waals surface area contributed by atoms with Crippen LogP contribution in [0.1, 0.15) is 41.2 Å². The zero-order valence-corrected chi connectivity index (χ0v) is 32.9. The second-order valence-corrected chi connectivity index (χ2v) is 15.9. The molecule has 3 aromatic carbocycles. The first-order chi connectivity index (χ1) is 27.1. The van der Waals surface area contributed by atoms with Crippen LogP contribution in [0.5, 0.6) is 16.7 Å². The van der Waals surface area contributed by atoms with Gasteiger partial charge in [-0.25, -0.2) is 9.18 Å². The van der Waals surface area contributed by atoms with Crippen molar-refractivity contribution in [1.29, 1.82) is 0 Å². The lowest BCUT2D eigenvalue weighted by Crippen LogP contribution is -2.40. The third-order valence-electron chi connectivity index (χ3n) is 6.91. The Labute approximate surface area is 337 Å². The van der Waals surface area contributed by atoms with Gasteiger partial charge >= 0.3 is 24.3 Å². The van der Waals surface area contributed by atoms with E-state index >= 15 is 0 Å². The van der Waals surface area contributed by atoms with Crippen molar-refractivity contribution in [2.75, 3.05) is 24.3 Å². The van der Waals surface area contributed by atoms with Crippen molar-refractivity contribution in [3.8, 4) is 16.7 Å². The summed E-state index contributed by atoms with van der Waals surface area (Å²) in [5.41, 5.74) is 3.30. The lowest BCUT2D eigenvalue weighted by molar-refractivity contribution is -0.385. The van der Waals surface area contributed by atoms with Gasteiger partial charge in [0.05, 0.1) is 15.5 Å². The SMILES string of the molecule is CC(C)N(C(=O)COc1nnc(C(F)(F)F)s1)c1ccc(F)cc1.CP(=O)(O)CCC(N)C(=O)O.O=C(O)c1cc(Oc2ccc(C(F)(F)F)cc2Cl)ccc1[N+](=O)[O-]. The van der Waals surface area contributed by atoms with Crippen LogP contribution in [0, 0.1) is 15.9 Å². The van der Waals surface area contributed by atoms with Crippen LogP contribution in [0.25, 0.3) is 0 Å². The predicted octanol–water partition coefficient (Wildman–Crippen LogP) is 7.96. The largest absolute Gasteiger partial charge is 0.480 e. The van der Waals surface area contributed by atoms with Crippen molar-refractivity contribution in [3.05, 3.63) is 97.8 Å². The topological polar surface area (TPSA) is 246 Å². The Morgan fingerprint density at radius 2 is 1.61 bits per heavy atom. The van der Waals surface area contributed by atoms with E-state index in [1.807, 2.05) is 0 Å². The van der Waals surface area contributed by atoms with Crippen LogP contribution in [0.2, 0.25) is 5.02 Å². The van der Waals surface area contributed by atoms with Crippen LogP contribution in [0.15, 0.2) is 60.7 Å². The smallest absolute Gasteiger partial charge is 0.445 e. The van der Waals surface area contributed by atoms with E-state index in [4.69, 9.17) is 41.9 Å². The molecule has 0 aliphatic heterocycles. The van der Waals surface area contributed by atoms with Gasteiger partial charge in [-0.15, -0.1) is 5.10 Å². The lowest BCUT2D eigenvalue weighted by atomic mass is 10.1. The summed E-state index contributed by atoms with van der Waals surface area (Å²) in [6, 6.07) is 9.25. The predicted molar refractivity (Wildman–Crippen MR) is 197 cm³/mol. The van der Waals surface area contributed by atoms with Crippen molar-refractivity contribution in [2.24, 2.45) is 5.73 Å². The number of nitrogens with two attached hydrogens (primary N) is 1. The Bertz CT molecular complexity index is 2150. The number of nitro benzene ring substituents is 1. The van der Waals surface area contributed by atoms with Crippen molar-refractivity contribution < 1.29 is 79.2 Å². The number of aromatic carboxylic acids is 1. The normalized spacial score (nSPS) is 12.8. The number of carboxylic acid groups (broad SMARTS) is 2. The number of ether oxygens (including phenoxy) is 2. The summed E-state index contributed by atoms with van der Waals surface area (Å²) in [4.78, 5) is 53.4. The minimum Gasteiger partial charge on any atom is -0.480 e. The molecule has 1 aromatic heterocycles. The van der Waals surface area contributed by atoms with E-state index in [0.717, 1.165) is 30.3 Å². The molecule has 1 amide bonds. The van der Waals surface area contributed by atoms with E-state index < -0.39 is 82.8 Å². The molecule has 4 aromatic rings. The zero-order chi connectivity index (χ0) is 45.0. The highest BCUT2D eigenvalue weighted by molar-refractivity contribution is 7.57. The summed E-state index contributed by atoms with van der Waals surface area (Å²) in [6.45, 7) is 4.16. The molecular weight excluding hydrogens is 874 g/mol. The molecule has 0 aliphatic carbocycles. The third-order valence-corrected chi connectivity index (χ3v) is 9.18. The second-order valence-electron chi connectivity index (χ2n) is 12.0. The molecular formula is C33H32ClF7N5O11PS. The number of nitro groups is 1. The number of aromatic nitrogens is 2. The van der Waals surface area contributed by atoms with E-state index in [1.165, 1.54) is 35.8 Å². The molecule has 0 radical (unpaired) electrons. The summed E-state index contributed by atoms with van der Waals surface area (Å²) in [7, 11) is -3.10. The number of carbonyl (C=O) groups excluding carboxylic acids is 1. The molecule has 0 bridgehead atoms. The number of hydrogen-bond donors (Lipinski definition) is 4. The molecule has 0 aliphatic rings. The molecule has 5 N–H and O–H groups in total. The van der Waals surface area contributed by atoms with Gasteiger partial charge in [-0.3, -0.25) is 24.3 Å². The van der Waals surface area contributed by atoms with Gasteiger partial charge < -0.3 is 35.2 Å². The molecule has 26 heteroatoms. The Hall–Kier alpha value is -5.42. The molecule has 322 valence electrons. The number of aliphatic carboxylic acids is 1. The molecule has 0 saturated heterocycles. The number of hydrogen-bond acceptors (Lipinski definition) is 12. The van der Waals surface area contributed by atoms with Gasteiger partial charge in [-0.2, -0.15) is 26.3 Å². The highest BCUT2D eigenvalue weighted by Crippen LogP contribution is 2.38. The second kappa shape index (κ2) is 21.0. The number of alkyl halides is 6. The fourth-order valence-electron chi connectivity index (χ4n) is 4.21. The summed E-state index contributed by atoms with van der Waals surface area (Å²) in [5.74, 6) is -3.92. The number of halogens is 8. The van der Waals surface area contributed by atoms with Gasteiger partial charge in [-0.1, -0.05) is 28.0 Å². The van der Waals surface area contributed by atoms with Crippen molar-refractivity contribution in [3.63, 3.8) is 0 Å². The fourth-order valence-corrected chi connectivity index (χ4v) is 5.74. The number of nitrogens with zero attached hydrogens (tertiary/aromatic N) is 4. The van der Waals surface area contributed by atoms with Crippen LogP contribution < -0.4 is 20.1 Å². The minimum atomic E-state index is -4.61. The number of amides is 1. The average molecular weight is 906 g/mol. The Morgan fingerprint density at radius 1 is 1.00 bits per heavy atom. The first-order valence-corrected chi connectivity index (χ1v) is 19.5. The maximum atomic E-state index is 13.0. The molecule has 59 heavy (non-hydrogen) atoms. The van der Waals surface area contributed by atoms with Crippen LogP contribution in [0.4, 0.5) is 42.1 Å². The summed E-state index contributed by atoms with van der Waals surface area (Å²) in [6.07, 6.45) is -9.19. The monoisotopic (exact) mass is 905 g/mol. The quantitative estimate of drug-likeness (QED) is 0.0430. The Kier molecular flexibility index (Phi) is 17.7. The maximum Gasteiger partial charge on any atom is 0.445 e. The van der Waals surface area contributed by atoms with Crippen molar-refractivity contribution >= 4 is 59.5 Å². The summed E-state index contributed by atoms with van der Waals surface area (Å²) < 4.78 is 109. The van der Waals surface area contributed by atoms with E-state index in [1.54, 1.807) is 13.8 Å². The number of carbonyl (C=O) groups is 3. The first kappa shape index (κ1) is 49.7. The van der Waals surface area contributed by atoms with E-state index in [-0.39, 0.29) is 51.7 Å². The minimum absolute atomic E-state index is 0.0412. The molecule has 2 unspecified atom stereocenters. The van der Waals surface area contributed by atoms with Gasteiger partial charge in [0, 0.05) is 36.7 Å². The number of benzene rings is 3. The highest BCUT2D eigenvalue weighted by atomic mass is 35.5. The van der Waals surface area contributed by atoms with E-state index in [0.29, 0.717) is 11.8 Å². The van der Waals surface area contributed by atoms with Gasteiger partial charge in [0.2, 0.25) is 5.01 Å². The summed E-state index contributed by atoms with van der Waals surface area (Å²) in [5, 5.41) is 32.4. The van der Waals surface area contributed by atoms with Crippen LogP contribution in [0.3, 0.4) is 0 Å². The van der Waals surface area contributed by atoms with E-state index in [9.17, 15) is 59.8 Å². The van der Waals surface area contributed by atoms with E-state index in [2.05, 4.69) is 10.2 Å². The zero-order valence-electron chi connectivity index (χ0n) is 30.4. The third kappa shape index (κ3) is 16.4. The first-order valence-electron chi connectivity index (χ1n) is 16.1. The maximum absolute atomic E-state index is 13.0. The number of rotatable bonds is 13. The molecule has 0 saturated carbocycles. The molecule has 4 rings (SSSR count). The highest BCUT2D eigenvalue weighted by Gasteiger charge is 2.36. The molecule has 16 nitrogen and oxygen atoms in total. The van der Waals surface area contributed by atoms with Crippen LogP contribution in [-0.4, -0.2) is 79.6 Å². The van der Waals surface area contributed by atoms with Crippen LogP contribution in [-0.2, 0) is 26.5 Å². The average Bonchev–Trinajstić information content (AvgIpc) is 3.61. The van der Waals surface area contributed by atoms with Gasteiger partial charge in [0.15, 0.2) is 14.0 Å². The number of anilines is 1. The molecule has 2 atom stereocenters.